The van der Waals surface area contributed by atoms with Crippen LogP contribution in [0.3, 0.4) is 0 Å². The highest BCUT2D eigenvalue weighted by atomic mass is 16.5. The van der Waals surface area contributed by atoms with E-state index in [1.54, 1.807) is 7.11 Å². The number of aryl methyl sites for hydroxylation is 1. The van der Waals surface area contributed by atoms with Crippen molar-refractivity contribution in [2.24, 2.45) is 0 Å². The minimum Gasteiger partial charge on any atom is -0.497 e. The lowest BCUT2D eigenvalue weighted by Gasteiger charge is -2.16. The number of ether oxygens (including phenoxy) is 1. The third-order valence-electron chi connectivity index (χ3n) is 3.45. The molecular formula is C18H23NO. The molecule has 0 aliphatic heterocycles. The average Bonchev–Trinajstić information content (AvgIpc) is 2.48. The lowest BCUT2D eigenvalue weighted by atomic mass is 10.1. The molecule has 2 aromatic rings. The van der Waals surface area contributed by atoms with E-state index in [0.29, 0.717) is 6.04 Å². The maximum absolute atomic E-state index is 5.26. The van der Waals surface area contributed by atoms with Gasteiger partial charge in [0.15, 0.2) is 0 Å². The summed E-state index contributed by atoms with van der Waals surface area (Å²) in [7, 11) is 1.70. The first-order valence-corrected chi connectivity index (χ1v) is 7.19. The number of hydrogen-bond acceptors (Lipinski definition) is 2. The molecule has 0 aliphatic rings. The molecule has 2 nitrogen and oxygen atoms in total. The highest BCUT2D eigenvalue weighted by Gasteiger charge is 2.04. The summed E-state index contributed by atoms with van der Waals surface area (Å²) in [6, 6.07) is 17.3. The highest BCUT2D eigenvalue weighted by Crippen LogP contribution is 2.16. The Hall–Kier alpha value is -1.96. The Balaban J connectivity index is 1.95. The lowest BCUT2D eigenvalue weighted by molar-refractivity contribution is 0.414. The van der Waals surface area contributed by atoms with Crippen LogP contribution in [0.15, 0.2) is 48.5 Å². The van der Waals surface area contributed by atoms with Gasteiger partial charge in [-0.05, 0) is 55.2 Å². The summed E-state index contributed by atoms with van der Waals surface area (Å²) in [5.74, 6) is 0.919. The van der Waals surface area contributed by atoms with Crippen molar-refractivity contribution >= 4 is 5.69 Å². The molecule has 0 aromatic heterocycles. The molecule has 2 aromatic carbocycles. The van der Waals surface area contributed by atoms with Gasteiger partial charge in [-0.25, -0.2) is 0 Å². The summed E-state index contributed by atoms with van der Waals surface area (Å²) >= 11 is 0. The van der Waals surface area contributed by atoms with E-state index in [2.05, 4.69) is 55.6 Å². The Kier molecular flexibility index (Phi) is 5.05. The topological polar surface area (TPSA) is 21.3 Å². The molecule has 1 N–H and O–H groups in total. The van der Waals surface area contributed by atoms with Gasteiger partial charge in [0.1, 0.15) is 5.75 Å². The van der Waals surface area contributed by atoms with E-state index in [9.17, 15) is 0 Å². The second-order valence-electron chi connectivity index (χ2n) is 5.15. The molecule has 0 spiro atoms. The van der Waals surface area contributed by atoms with Crippen molar-refractivity contribution in [1.82, 2.24) is 0 Å². The Labute approximate surface area is 121 Å². The van der Waals surface area contributed by atoms with Crippen LogP contribution in [-0.4, -0.2) is 13.2 Å². The summed E-state index contributed by atoms with van der Waals surface area (Å²) < 4.78 is 5.26. The van der Waals surface area contributed by atoms with Crippen LogP contribution in [0.5, 0.6) is 5.75 Å². The molecule has 0 heterocycles. The normalized spacial score (nSPS) is 11.9. The maximum Gasteiger partial charge on any atom is 0.119 e. The zero-order valence-corrected chi connectivity index (χ0v) is 12.5. The van der Waals surface area contributed by atoms with E-state index in [-0.39, 0.29) is 0 Å². The van der Waals surface area contributed by atoms with Crippen LogP contribution in [0.25, 0.3) is 0 Å². The fourth-order valence-electron chi connectivity index (χ4n) is 2.33. The molecule has 20 heavy (non-hydrogen) atoms. The Morgan fingerprint density at radius 3 is 2.45 bits per heavy atom. The van der Waals surface area contributed by atoms with Crippen molar-refractivity contribution in [3.8, 4) is 5.75 Å². The summed E-state index contributed by atoms with van der Waals surface area (Å²) in [5, 5.41) is 3.54. The molecule has 2 rings (SSSR count). The van der Waals surface area contributed by atoms with Crippen molar-refractivity contribution < 1.29 is 4.74 Å². The second kappa shape index (κ2) is 6.99. The lowest BCUT2D eigenvalue weighted by Crippen LogP contribution is -2.18. The summed E-state index contributed by atoms with van der Waals surface area (Å²) in [6.07, 6.45) is 2.06. The zero-order valence-electron chi connectivity index (χ0n) is 12.5. The number of anilines is 1. The summed E-state index contributed by atoms with van der Waals surface area (Å²) in [5.41, 5.74) is 3.84. The van der Waals surface area contributed by atoms with Crippen molar-refractivity contribution in [1.29, 1.82) is 0 Å². The molecule has 106 valence electrons. The summed E-state index contributed by atoms with van der Waals surface area (Å²) in [4.78, 5) is 0. The largest absolute Gasteiger partial charge is 0.497 e. The number of methoxy groups -OCH3 is 1. The van der Waals surface area contributed by atoms with Crippen molar-refractivity contribution in [2.45, 2.75) is 32.7 Å². The SMILES string of the molecule is CCc1ccc(NC(C)Cc2cccc(OC)c2)cc1. The van der Waals surface area contributed by atoms with E-state index >= 15 is 0 Å². The molecule has 0 fully saturated rings. The van der Waals surface area contributed by atoms with Gasteiger partial charge in [-0.3, -0.25) is 0 Å². The third kappa shape index (κ3) is 4.02. The van der Waals surface area contributed by atoms with Crippen LogP contribution in [0.2, 0.25) is 0 Å². The molecule has 2 heteroatoms. The van der Waals surface area contributed by atoms with Gasteiger partial charge >= 0.3 is 0 Å². The molecule has 0 amide bonds. The van der Waals surface area contributed by atoms with E-state index in [1.807, 2.05) is 12.1 Å². The number of benzene rings is 2. The van der Waals surface area contributed by atoms with E-state index < -0.39 is 0 Å². The fourth-order valence-corrected chi connectivity index (χ4v) is 2.33. The van der Waals surface area contributed by atoms with Gasteiger partial charge in [-0.2, -0.15) is 0 Å². The highest BCUT2D eigenvalue weighted by molar-refractivity contribution is 5.45. The minimum absolute atomic E-state index is 0.384. The first-order valence-electron chi connectivity index (χ1n) is 7.19. The average molecular weight is 269 g/mol. The third-order valence-corrected chi connectivity index (χ3v) is 3.45. The predicted octanol–water partition coefficient (Wildman–Crippen LogP) is 4.30. The first-order chi connectivity index (χ1) is 9.71. The Morgan fingerprint density at radius 1 is 1.05 bits per heavy atom. The van der Waals surface area contributed by atoms with Crippen LogP contribution >= 0.6 is 0 Å². The predicted molar refractivity (Wildman–Crippen MR) is 85.6 cm³/mol. The van der Waals surface area contributed by atoms with Gasteiger partial charge in [0.25, 0.3) is 0 Å². The molecule has 0 aliphatic carbocycles. The number of rotatable bonds is 6. The quantitative estimate of drug-likeness (QED) is 0.844. The summed E-state index contributed by atoms with van der Waals surface area (Å²) in [6.45, 7) is 4.38. The van der Waals surface area contributed by atoms with Crippen molar-refractivity contribution in [2.75, 3.05) is 12.4 Å². The zero-order chi connectivity index (χ0) is 14.4. The first kappa shape index (κ1) is 14.4. The monoisotopic (exact) mass is 269 g/mol. The van der Waals surface area contributed by atoms with E-state index in [1.165, 1.54) is 16.8 Å². The Morgan fingerprint density at radius 2 is 1.80 bits per heavy atom. The molecule has 0 saturated heterocycles. The van der Waals surface area contributed by atoms with Gasteiger partial charge in [0, 0.05) is 11.7 Å². The van der Waals surface area contributed by atoms with Gasteiger partial charge in [-0.15, -0.1) is 0 Å². The molecule has 0 radical (unpaired) electrons. The van der Waals surface area contributed by atoms with Crippen LogP contribution in [0.1, 0.15) is 25.0 Å². The standard InChI is InChI=1S/C18H23NO/c1-4-15-8-10-17(11-9-15)19-14(2)12-16-6-5-7-18(13-16)20-3/h5-11,13-14,19H,4,12H2,1-3H3. The van der Waals surface area contributed by atoms with E-state index in [0.717, 1.165) is 18.6 Å². The molecule has 1 atom stereocenters. The van der Waals surface area contributed by atoms with E-state index in [4.69, 9.17) is 4.74 Å². The van der Waals surface area contributed by atoms with Crippen LogP contribution in [0.4, 0.5) is 5.69 Å². The minimum atomic E-state index is 0.384. The van der Waals surface area contributed by atoms with Gasteiger partial charge in [0.2, 0.25) is 0 Å². The number of hydrogen-bond donors (Lipinski definition) is 1. The van der Waals surface area contributed by atoms with Crippen LogP contribution in [-0.2, 0) is 12.8 Å². The second-order valence-corrected chi connectivity index (χ2v) is 5.15. The molecule has 0 saturated carbocycles. The molecular weight excluding hydrogens is 246 g/mol. The van der Waals surface area contributed by atoms with Crippen molar-refractivity contribution in [3.63, 3.8) is 0 Å². The maximum atomic E-state index is 5.26. The number of nitrogens with one attached hydrogen (secondary N) is 1. The molecule has 1 unspecified atom stereocenters. The van der Waals surface area contributed by atoms with Crippen LogP contribution in [0, 0.1) is 0 Å². The molecule has 0 bridgehead atoms. The van der Waals surface area contributed by atoms with Gasteiger partial charge in [0.05, 0.1) is 7.11 Å². The van der Waals surface area contributed by atoms with Crippen LogP contribution < -0.4 is 10.1 Å². The van der Waals surface area contributed by atoms with Gasteiger partial charge in [-0.1, -0.05) is 31.2 Å². The smallest absolute Gasteiger partial charge is 0.119 e. The van der Waals surface area contributed by atoms with Crippen molar-refractivity contribution in [3.05, 3.63) is 59.7 Å². The Bertz CT molecular complexity index is 533. The fraction of sp³-hybridized carbons (Fsp3) is 0.333. The van der Waals surface area contributed by atoms with Gasteiger partial charge < -0.3 is 10.1 Å².